The monoisotopic (exact) mass is 316 g/mol. The zero-order valence-electron chi connectivity index (χ0n) is 12.2. The Kier molecular flexibility index (Phi) is 5.60. The van der Waals surface area contributed by atoms with Gasteiger partial charge in [-0.25, -0.2) is 13.1 Å². The molecular formula is C14H24N2O2S2. The van der Waals surface area contributed by atoms with Crippen molar-refractivity contribution in [1.82, 2.24) is 10.0 Å². The number of rotatable bonds is 9. The van der Waals surface area contributed by atoms with Crippen LogP contribution in [0.1, 0.15) is 45.1 Å². The van der Waals surface area contributed by atoms with E-state index in [1.807, 2.05) is 12.3 Å². The molecule has 20 heavy (non-hydrogen) atoms. The van der Waals surface area contributed by atoms with Crippen LogP contribution in [0.5, 0.6) is 0 Å². The van der Waals surface area contributed by atoms with Gasteiger partial charge in [0.15, 0.2) is 0 Å². The van der Waals surface area contributed by atoms with E-state index in [1.165, 1.54) is 24.2 Å². The highest BCUT2D eigenvalue weighted by atomic mass is 32.2. The maximum atomic E-state index is 12.3. The molecule has 1 saturated carbocycles. The number of sulfonamides is 1. The second-order valence-electron chi connectivity index (χ2n) is 5.65. The summed E-state index contributed by atoms with van der Waals surface area (Å²) < 4.78 is 27.7. The third kappa shape index (κ3) is 4.84. The van der Waals surface area contributed by atoms with E-state index in [4.69, 9.17) is 0 Å². The van der Waals surface area contributed by atoms with E-state index in [1.54, 1.807) is 6.07 Å². The quantitative estimate of drug-likeness (QED) is 0.689. The van der Waals surface area contributed by atoms with Gasteiger partial charge in [0.25, 0.3) is 0 Å². The molecule has 4 nitrogen and oxygen atoms in total. The van der Waals surface area contributed by atoms with Crippen molar-refractivity contribution in [2.75, 3.05) is 6.54 Å². The number of hydrogen-bond donors (Lipinski definition) is 2. The molecule has 0 aromatic carbocycles. The number of thiophene rings is 1. The Labute approximate surface area is 126 Å². The van der Waals surface area contributed by atoms with E-state index in [9.17, 15) is 8.42 Å². The summed E-state index contributed by atoms with van der Waals surface area (Å²) in [5.41, 5.74) is 1.04. The molecule has 114 valence electrons. The molecule has 1 aromatic rings. The van der Waals surface area contributed by atoms with Crippen LogP contribution >= 0.6 is 11.3 Å². The number of nitrogens with one attached hydrogen (secondary N) is 2. The van der Waals surface area contributed by atoms with Crippen LogP contribution < -0.4 is 10.0 Å². The summed E-state index contributed by atoms with van der Waals surface area (Å²) in [7, 11) is -3.35. The Hall–Kier alpha value is -0.430. The van der Waals surface area contributed by atoms with E-state index in [2.05, 4.69) is 17.0 Å². The third-order valence-electron chi connectivity index (χ3n) is 3.39. The molecule has 2 rings (SSSR count). The standard InChI is InChI=1S/C14H24N2O2S2/c1-3-6-15-9-13-8-14(19-10-13)20(17,18)16-11(2)7-12-4-5-12/h8,10-12,15-16H,3-7,9H2,1-2H3. The fourth-order valence-electron chi connectivity index (χ4n) is 2.22. The fraction of sp³-hybridized carbons (Fsp3) is 0.714. The van der Waals surface area contributed by atoms with E-state index >= 15 is 0 Å². The van der Waals surface area contributed by atoms with Crippen molar-refractivity contribution in [3.05, 3.63) is 17.0 Å². The van der Waals surface area contributed by atoms with Gasteiger partial charge in [-0.15, -0.1) is 11.3 Å². The van der Waals surface area contributed by atoms with Gasteiger partial charge in [0.2, 0.25) is 10.0 Å². The highest BCUT2D eigenvalue weighted by Gasteiger charge is 2.26. The molecule has 6 heteroatoms. The van der Waals surface area contributed by atoms with E-state index < -0.39 is 10.0 Å². The van der Waals surface area contributed by atoms with Crippen molar-refractivity contribution < 1.29 is 8.42 Å². The molecule has 0 amide bonds. The molecule has 0 spiro atoms. The van der Waals surface area contributed by atoms with E-state index in [-0.39, 0.29) is 6.04 Å². The van der Waals surface area contributed by atoms with Crippen LogP contribution in [0.2, 0.25) is 0 Å². The summed E-state index contributed by atoms with van der Waals surface area (Å²) in [5.74, 6) is 0.727. The van der Waals surface area contributed by atoms with Gasteiger partial charge in [-0.2, -0.15) is 0 Å². The third-order valence-corrected chi connectivity index (χ3v) is 6.47. The van der Waals surface area contributed by atoms with Crippen molar-refractivity contribution in [2.45, 2.75) is 56.3 Å². The Morgan fingerprint density at radius 3 is 2.85 bits per heavy atom. The van der Waals surface area contributed by atoms with Crippen LogP contribution in [-0.4, -0.2) is 21.0 Å². The maximum Gasteiger partial charge on any atom is 0.250 e. The lowest BCUT2D eigenvalue weighted by Crippen LogP contribution is -2.32. The summed E-state index contributed by atoms with van der Waals surface area (Å²) in [5, 5.41) is 5.20. The summed E-state index contributed by atoms with van der Waals surface area (Å²) in [6.45, 7) is 5.75. The lowest BCUT2D eigenvalue weighted by atomic mass is 10.2. The van der Waals surface area contributed by atoms with E-state index in [0.717, 1.165) is 37.4 Å². The predicted molar refractivity (Wildman–Crippen MR) is 83.4 cm³/mol. The molecule has 0 radical (unpaired) electrons. The highest BCUT2D eigenvalue weighted by molar-refractivity contribution is 7.91. The molecule has 0 aliphatic heterocycles. The van der Waals surface area contributed by atoms with Crippen LogP contribution in [0.3, 0.4) is 0 Å². The van der Waals surface area contributed by atoms with Gasteiger partial charge < -0.3 is 5.32 Å². The van der Waals surface area contributed by atoms with Crippen molar-refractivity contribution in [1.29, 1.82) is 0 Å². The van der Waals surface area contributed by atoms with Gasteiger partial charge in [-0.1, -0.05) is 19.8 Å². The van der Waals surface area contributed by atoms with Gasteiger partial charge >= 0.3 is 0 Å². The zero-order chi connectivity index (χ0) is 14.6. The first kappa shape index (κ1) is 15.9. The van der Waals surface area contributed by atoms with Crippen LogP contribution in [-0.2, 0) is 16.6 Å². The van der Waals surface area contributed by atoms with Gasteiger partial charge in [-0.3, -0.25) is 0 Å². The Morgan fingerprint density at radius 1 is 1.45 bits per heavy atom. The molecule has 0 bridgehead atoms. The average molecular weight is 316 g/mol. The van der Waals surface area contributed by atoms with Gasteiger partial charge in [0, 0.05) is 12.6 Å². The molecule has 1 unspecified atom stereocenters. The Morgan fingerprint density at radius 2 is 2.20 bits per heavy atom. The predicted octanol–water partition coefficient (Wildman–Crippen LogP) is 2.71. The summed E-state index contributed by atoms with van der Waals surface area (Å²) in [6, 6.07) is 1.80. The van der Waals surface area contributed by atoms with Crippen LogP contribution in [0.4, 0.5) is 0 Å². The normalized spacial score (nSPS) is 17.3. The van der Waals surface area contributed by atoms with Crippen molar-refractivity contribution >= 4 is 21.4 Å². The lowest BCUT2D eigenvalue weighted by molar-refractivity contribution is 0.531. The smallest absolute Gasteiger partial charge is 0.250 e. The Bertz CT molecular complexity index is 521. The van der Waals surface area contributed by atoms with Crippen molar-refractivity contribution in [3.63, 3.8) is 0 Å². The van der Waals surface area contributed by atoms with Gasteiger partial charge in [0.1, 0.15) is 4.21 Å². The van der Waals surface area contributed by atoms with Crippen LogP contribution in [0, 0.1) is 5.92 Å². The van der Waals surface area contributed by atoms with Crippen LogP contribution in [0.25, 0.3) is 0 Å². The highest BCUT2D eigenvalue weighted by Crippen LogP contribution is 2.33. The molecule has 1 fully saturated rings. The minimum Gasteiger partial charge on any atom is -0.313 e. The van der Waals surface area contributed by atoms with Gasteiger partial charge in [-0.05, 0) is 49.2 Å². The molecular weight excluding hydrogens is 292 g/mol. The average Bonchev–Trinajstić information content (AvgIpc) is 3.04. The minimum absolute atomic E-state index is 0.0243. The SMILES string of the molecule is CCCNCc1csc(S(=O)(=O)NC(C)CC2CC2)c1. The van der Waals surface area contributed by atoms with Gasteiger partial charge in [0.05, 0.1) is 0 Å². The first-order chi connectivity index (χ1) is 9.51. The summed E-state index contributed by atoms with van der Waals surface area (Å²) in [6.07, 6.45) is 4.53. The Balaban J connectivity index is 1.90. The molecule has 1 aliphatic carbocycles. The number of hydrogen-bond acceptors (Lipinski definition) is 4. The van der Waals surface area contributed by atoms with Crippen molar-refractivity contribution in [2.24, 2.45) is 5.92 Å². The molecule has 1 heterocycles. The summed E-state index contributed by atoms with van der Waals surface area (Å²) >= 11 is 1.30. The minimum atomic E-state index is -3.35. The lowest BCUT2D eigenvalue weighted by Gasteiger charge is -2.12. The van der Waals surface area contributed by atoms with Crippen LogP contribution in [0.15, 0.2) is 15.7 Å². The van der Waals surface area contributed by atoms with E-state index in [0.29, 0.717) is 4.21 Å². The van der Waals surface area contributed by atoms with Crippen molar-refractivity contribution in [3.8, 4) is 0 Å². The first-order valence-electron chi connectivity index (χ1n) is 7.31. The second kappa shape index (κ2) is 7.02. The molecule has 1 aliphatic rings. The summed E-state index contributed by atoms with van der Waals surface area (Å²) in [4.78, 5) is 0. The molecule has 1 atom stereocenters. The molecule has 0 saturated heterocycles. The molecule has 2 N–H and O–H groups in total. The largest absolute Gasteiger partial charge is 0.313 e. The fourth-order valence-corrected chi connectivity index (χ4v) is 4.70. The second-order valence-corrected chi connectivity index (χ2v) is 8.50. The zero-order valence-corrected chi connectivity index (χ0v) is 13.8. The maximum absolute atomic E-state index is 12.3. The first-order valence-corrected chi connectivity index (χ1v) is 9.68. The molecule has 1 aromatic heterocycles. The topological polar surface area (TPSA) is 58.2 Å².